The van der Waals surface area contributed by atoms with Gasteiger partial charge in [-0.1, -0.05) is 17.7 Å². The van der Waals surface area contributed by atoms with Crippen molar-refractivity contribution in [1.82, 2.24) is 5.32 Å². The molecule has 6 heteroatoms. The van der Waals surface area contributed by atoms with Crippen LogP contribution in [0.25, 0.3) is 0 Å². The molecule has 3 N–H and O–H groups in total. The number of aliphatic hydroxyl groups is 1. The Labute approximate surface area is 117 Å². The van der Waals surface area contributed by atoms with Gasteiger partial charge in [0.25, 0.3) is 0 Å². The number of β-amino-alcohol motifs (C(OH)–C–C–N with tert-alkyl or cyclic N) is 1. The SMILES string of the molecule is Cc1ccc(Cl)cc1NC(=O)C1CC(O)CN1.Cl. The molecule has 1 fully saturated rings. The molecule has 1 aliphatic heterocycles. The van der Waals surface area contributed by atoms with Crippen molar-refractivity contribution < 1.29 is 9.90 Å². The van der Waals surface area contributed by atoms with E-state index in [1.165, 1.54) is 0 Å². The lowest BCUT2D eigenvalue weighted by Crippen LogP contribution is -2.35. The molecule has 18 heavy (non-hydrogen) atoms. The molecule has 4 nitrogen and oxygen atoms in total. The fourth-order valence-electron chi connectivity index (χ4n) is 1.87. The Hall–Kier alpha value is -0.810. The summed E-state index contributed by atoms with van der Waals surface area (Å²) in [6.45, 7) is 2.37. The van der Waals surface area contributed by atoms with Crippen LogP contribution in [0, 0.1) is 6.92 Å². The smallest absolute Gasteiger partial charge is 0.241 e. The lowest BCUT2D eigenvalue weighted by atomic mass is 10.1. The Kier molecular flexibility index (Phi) is 5.41. The molecule has 2 atom stereocenters. The molecule has 0 aliphatic carbocycles. The Morgan fingerprint density at radius 1 is 1.56 bits per heavy atom. The van der Waals surface area contributed by atoms with Gasteiger partial charge in [-0.3, -0.25) is 4.79 Å². The molecule has 0 aromatic heterocycles. The van der Waals surface area contributed by atoms with Gasteiger partial charge in [-0.25, -0.2) is 0 Å². The van der Waals surface area contributed by atoms with Crippen molar-refractivity contribution in [1.29, 1.82) is 0 Å². The van der Waals surface area contributed by atoms with Crippen molar-refractivity contribution in [2.45, 2.75) is 25.5 Å². The van der Waals surface area contributed by atoms with Gasteiger partial charge in [0.15, 0.2) is 0 Å². The van der Waals surface area contributed by atoms with E-state index in [2.05, 4.69) is 10.6 Å². The van der Waals surface area contributed by atoms with Crippen LogP contribution in [-0.2, 0) is 4.79 Å². The minimum absolute atomic E-state index is 0. The minimum Gasteiger partial charge on any atom is -0.392 e. The highest BCUT2D eigenvalue weighted by molar-refractivity contribution is 6.31. The lowest BCUT2D eigenvalue weighted by Gasteiger charge is -2.13. The zero-order valence-corrected chi connectivity index (χ0v) is 11.5. The molecule has 1 saturated heterocycles. The standard InChI is InChI=1S/C12H15ClN2O2.ClH/c1-7-2-3-8(13)4-10(7)15-12(17)11-5-9(16)6-14-11;/h2-4,9,11,14,16H,5-6H2,1H3,(H,15,17);1H. The molecule has 1 amide bonds. The van der Waals surface area contributed by atoms with Crippen LogP contribution in [0.2, 0.25) is 5.02 Å². The molecule has 0 saturated carbocycles. The van der Waals surface area contributed by atoms with Crippen LogP contribution < -0.4 is 10.6 Å². The van der Waals surface area contributed by atoms with Crippen LogP contribution in [0.5, 0.6) is 0 Å². The van der Waals surface area contributed by atoms with Gasteiger partial charge in [0, 0.05) is 17.3 Å². The summed E-state index contributed by atoms with van der Waals surface area (Å²) in [7, 11) is 0. The van der Waals surface area contributed by atoms with Crippen LogP contribution in [0.3, 0.4) is 0 Å². The molecule has 2 rings (SSSR count). The summed E-state index contributed by atoms with van der Waals surface area (Å²) in [5.41, 5.74) is 1.67. The monoisotopic (exact) mass is 290 g/mol. The summed E-state index contributed by atoms with van der Waals surface area (Å²) in [4.78, 5) is 11.9. The van der Waals surface area contributed by atoms with Crippen LogP contribution in [0.4, 0.5) is 5.69 Å². The van der Waals surface area contributed by atoms with E-state index in [1.807, 2.05) is 13.0 Å². The van der Waals surface area contributed by atoms with Crippen molar-refractivity contribution in [3.8, 4) is 0 Å². The van der Waals surface area contributed by atoms with Crippen molar-refractivity contribution in [2.24, 2.45) is 0 Å². The fraction of sp³-hybridized carbons (Fsp3) is 0.417. The van der Waals surface area contributed by atoms with Gasteiger partial charge in [0.1, 0.15) is 0 Å². The zero-order valence-electron chi connectivity index (χ0n) is 9.94. The van der Waals surface area contributed by atoms with Crippen molar-refractivity contribution in [2.75, 3.05) is 11.9 Å². The van der Waals surface area contributed by atoms with E-state index in [9.17, 15) is 9.90 Å². The number of aliphatic hydroxyl groups excluding tert-OH is 1. The molecule has 0 bridgehead atoms. The van der Waals surface area contributed by atoms with Gasteiger partial charge in [0.05, 0.1) is 12.1 Å². The Morgan fingerprint density at radius 3 is 2.89 bits per heavy atom. The number of rotatable bonds is 2. The largest absolute Gasteiger partial charge is 0.392 e. The molecule has 100 valence electrons. The first-order valence-electron chi connectivity index (χ1n) is 5.54. The normalized spacial score (nSPS) is 22.4. The quantitative estimate of drug-likeness (QED) is 0.777. The molecular formula is C12H16Cl2N2O2. The highest BCUT2D eigenvalue weighted by Gasteiger charge is 2.28. The van der Waals surface area contributed by atoms with E-state index in [0.717, 1.165) is 5.56 Å². The average molecular weight is 291 g/mol. The van der Waals surface area contributed by atoms with E-state index in [1.54, 1.807) is 12.1 Å². The number of hydrogen-bond donors (Lipinski definition) is 3. The van der Waals surface area contributed by atoms with E-state index >= 15 is 0 Å². The molecular weight excluding hydrogens is 275 g/mol. The number of hydrogen-bond acceptors (Lipinski definition) is 3. The minimum atomic E-state index is -0.439. The summed E-state index contributed by atoms with van der Waals surface area (Å²) in [6.07, 6.45) is 0.0112. The average Bonchev–Trinajstić information content (AvgIpc) is 2.70. The molecule has 1 aromatic rings. The van der Waals surface area contributed by atoms with Crippen molar-refractivity contribution in [3.05, 3.63) is 28.8 Å². The summed E-state index contributed by atoms with van der Waals surface area (Å²) in [6, 6.07) is 5.03. The predicted octanol–water partition coefficient (Wildman–Crippen LogP) is 1.73. The second kappa shape index (κ2) is 6.38. The van der Waals surface area contributed by atoms with Crippen LogP contribution in [-0.4, -0.2) is 29.7 Å². The van der Waals surface area contributed by atoms with E-state index in [-0.39, 0.29) is 24.4 Å². The number of carbonyl (C=O) groups excluding carboxylic acids is 1. The van der Waals surface area contributed by atoms with Crippen molar-refractivity contribution >= 4 is 35.6 Å². The Bertz CT molecular complexity index is 440. The number of nitrogens with one attached hydrogen (secondary N) is 2. The highest BCUT2D eigenvalue weighted by Crippen LogP contribution is 2.21. The Balaban J connectivity index is 0.00000162. The summed E-state index contributed by atoms with van der Waals surface area (Å²) in [5, 5.41) is 15.7. The topological polar surface area (TPSA) is 61.4 Å². The number of halogens is 2. The van der Waals surface area contributed by atoms with Gasteiger partial charge in [-0.05, 0) is 31.0 Å². The Morgan fingerprint density at radius 2 is 2.28 bits per heavy atom. The molecule has 0 radical (unpaired) electrons. The zero-order chi connectivity index (χ0) is 12.4. The predicted molar refractivity (Wildman–Crippen MR) is 74.5 cm³/mol. The van der Waals surface area contributed by atoms with E-state index < -0.39 is 6.10 Å². The van der Waals surface area contributed by atoms with Gasteiger partial charge in [0.2, 0.25) is 5.91 Å². The number of anilines is 1. The molecule has 1 aliphatic rings. The second-order valence-electron chi connectivity index (χ2n) is 4.30. The van der Waals surface area contributed by atoms with Gasteiger partial charge < -0.3 is 15.7 Å². The molecule has 2 unspecified atom stereocenters. The van der Waals surface area contributed by atoms with Crippen molar-refractivity contribution in [3.63, 3.8) is 0 Å². The second-order valence-corrected chi connectivity index (χ2v) is 4.74. The number of carbonyl (C=O) groups is 1. The van der Waals surface area contributed by atoms with Gasteiger partial charge in [-0.15, -0.1) is 12.4 Å². The first-order valence-corrected chi connectivity index (χ1v) is 5.92. The number of benzene rings is 1. The van der Waals surface area contributed by atoms with E-state index in [4.69, 9.17) is 11.6 Å². The summed E-state index contributed by atoms with van der Waals surface area (Å²) < 4.78 is 0. The van der Waals surface area contributed by atoms with Crippen LogP contribution in [0.1, 0.15) is 12.0 Å². The van der Waals surface area contributed by atoms with Crippen LogP contribution >= 0.6 is 24.0 Å². The molecule has 1 aromatic carbocycles. The highest BCUT2D eigenvalue weighted by atomic mass is 35.5. The lowest BCUT2D eigenvalue weighted by molar-refractivity contribution is -0.117. The maximum Gasteiger partial charge on any atom is 0.241 e. The van der Waals surface area contributed by atoms with Gasteiger partial charge >= 0.3 is 0 Å². The molecule has 1 heterocycles. The fourth-order valence-corrected chi connectivity index (χ4v) is 2.04. The first kappa shape index (κ1) is 15.2. The van der Waals surface area contributed by atoms with Crippen LogP contribution in [0.15, 0.2) is 18.2 Å². The third-order valence-electron chi connectivity index (χ3n) is 2.88. The third kappa shape index (κ3) is 3.59. The first-order chi connectivity index (χ1) is 8.06. The third-order valence-corrected chi connectivity index (χ3v) is 3.12. The molecule has 0 spiro atoms. The maximum atomic E-state index is 11.9. The maximum absolute atomic E-state index is 11.9. The van der Waals surface area contributed by atoms with Gasteiger partial charge in [-0.2, -0.15) is 0 Å². The number of aryl methyl sites for hydroxylation is 1. The summed E-state index contributed by atoms with van der Waals surface area (Å²) >= 11 is 5.88. The summed E-state index contributed by atoms with van der Waals surface area (Å²) in [5.74, 6) is -0.132. The number of amides is 1. The van der Waals surface area contributed by atoms with E-state index in [0.29, 0.717) is 23.7 Å².